The van der Waals surface area contributed by atoms with Crippen molar-refractivity contribution in [2.75, 3.05) is 0 Å². The van der Waals surface area contributed by atoms with E-state index in [1.807, 2.05) is 27.8 Å². The van der Waals surface area contributed by atoms with E-state index < -0.39 is 11.0 Å². The third-order valence-corrected chi connectivity index (χ3v) is 4.18. The molecule has 0 aliphatic rings. The Morgan fingerprint density at radius 1 is 1.46 bits per heavy atom. The second kappa shape index (κ2) is 6.81. The van der Waals surface area contributed by atoms with Crippen LogP contribution in [0.2, 0.25) is 0 Å². The Morgan fingerprint density at radius 2 is 2.12 bits per heavy atom. The minimum atomic E-state index is -0.599. The number of nitro groups is 1. The van der Waals surface area contributed by atoms with E-state index in [4.69, 9.17) is 0 Å². The van der Waals surface area contributed by atoms with Gasteiger partial charge in [0, 0.05) is 18.3 Å². The Morgan fingerprint density at radius 3 is 2.58 bits per heavy atom. The van der Waals surface area contributed by atoms with Crippen molar-refractivity contribution in [2.45, 2.75) is 46.2 Å². The molecule has 2 aromatic heterocycles. The van der Waals surface area contributed by atoms with Gasteiger partial charge in [-0.25, -0.2) is 0 Å². The fraction of sp³-hybridized carbons (Fsp3) is 0.533. The predicted octanol–water partition coefficient (Wildman–Crippen LogP) is 1.97. The first-order valence-electron chi connectivity index (χ1n) is 7.75. The van der Waals surface area contributed by atoms with Crippen LogP contribution in [-0.4, -0.2) is 30.4 Å². The smallest absolute Gasteiger partial charge is 0.358 e. The molecule has 130 valence electrons. The van der Waals surface area contributed by atoms with Crippen molar-refractivity contribution in [3.8, 4) is 0 Å². The Labute approximate surface area is 139 Å². The Bertz CT molecular complexity index is 763. The highest BCUT2D eigenvalue weighted by atomic mass is 16.6. The molecule has 0 aliphatic carbocycles. The summed E-state index contributed by atoms with van der Waals surface area (Å²) in [7, 11) is 1.84. The molecule has 1 N–H and O–H groups in total. The maximum atomic E-state index is 12.6. The number of aryl methyl sites for hydroxylation is 2. The standard InChI is InChI=1S/C15H22N6O3/c1-6-13(20-9(2)7-14(18-20)21(23)24)15(22)17-10(3)12-8-16-19(5)11(12)4/h7-8,10,13H,6H2,1-5H3,(H,17,22). The number of nitrogens with zero attached hydrogens (tertiary/aromatic N) is 5. The Hall–Kier alpha value is -2.71. The molecule has 0 saturated heterocycles. The first-order chi connectivity index (χ1) is 11.3. The van der Waals surface area contributed by atoms with E-state index in [1.54, 1.807) is 17.8 Å². The van der Waals surface area contributed by atoms with E-state index in [0.29, 0.717) is 12.1 Å². The lowest BCUT2D eigenvalue weighted by molar-refractivity contribution is -0.389. The number of aromatic nitrogens is 4. The van der Waals surface area contributed by atoms with Crippen molar-refractivity contribution in [3.63, 3.8) is 0 Å². The van der Waals surface area contributed by atoms with Crippen LogP contribution in [0.1, 0.15) is 49.3 Å². The summed E-state index contributed by atoms with van der Waals surface area (Å²) in [4.78, 5) is 22.9. The van der Waals surface area contributed by atoms with Crippen LogP contribution in [0.25, 0.3) is 0 Å². The molecule has 0 bridgehead atoms. The average molecular weight is 334 g/mol. The number of amides is 1. The molecule has 2 aromatic rings. The lowest BCUT2D eigenvalue weighted by Crippen LogP contribution is -2.35. The number of hydrogen-bond donors (Lipinski definition) is 1. The SMILES string of the molecule is CCC(C(=O)NC(C)c1cnn(C)c1C)n1nc([N+](=O)[O-])cc1C. The molecule has 2 unspecified atom stereocenters. The highest BCUT2D eigenvalue weighted by Gasteiger charge is 2.28. The lowest BCUT2D eigenvalue weighted by Gasteiger charge is -2.18. The second-order valence-corrected chi connectivity index (χ2v) is 5.81. The van der Waals surface area contributed by atoms with Gasteiger partial charge in [-0.05, 0) is 32.1 Å². The number of carbonyl (C=O) groups is 1. The average Bonchev–Trinajstić information content (AvgIpc) is 3.05. The third kappa shape index (κ3) is 3.29. The monoisotopic (exact) mass is 334 g/mol. The van der Waals surface area contributed by atoms with E-state index in [-0.39, 0.29) is 17.8 Å². The first kappa shape index (κ1) is 17.6. The molecule has 9 nitrogen and oxygen atoms in total. The lowest BCUT2D eigenvalue weighted by atomic mass is 10.1. The normalized spacial score (nSPS) is 13.5. The van der Waals surface area contributed by atoms with E-state index in [1.165, 1.54) is 10.7 Å². The largest absolute Gasteiger partial charge is 0.390 e. The van der Waals surface area contributed by atoms with Gasteiger partial charge in [-0.1, -0.05) is 6.92 Å². The summed E-state index contributed by atoms with van der Waals surface area (Å²) in [6.07, 6.45) is 2.20. The van der Waals surface area contributed by atoms with Crippen LogP contribution in [0.15, 0.2) is 12.3 Å². The molecular formula is C15H22N6O3. The van der Waals surface area contributed by atoms with Crippen molar-refractivity contribution >= 4 is 11.7 Å². The minimum absolute atomic E-state index is 0.217. The molecular weight excluding hydrogens is 312 g/mol. The number of nitrogens with one attached hydrogen (secondary N) is 1. The van der Waals surface area contributed by atoms with Gasteiger partial charge in [0.05, 0.1) is 29.1 Å². The van der Waals surface area contributed by atoms with Crippen LogP contribution >= 0.6 is 0 Å². The van der Waals surface area contributed by atoms with Crippen molar-refractivity contribution in [2.24, 2.45) is 7.05 Å². The van der Waals surface area contributed by atoms with E-state index in [9.17, 15) is 14.9 Å². The maximum absolute atomic E-state index is 12.6. The Balaban J connectivity index is 2.20. The van der Waals surface area contributed by atoms with Gasteiger partial charge in [-0.2, -0.15) is 9.78 Å². The van der Waals surface area contributed by atoms with Gasteiger partial charge in [0.1, 0.15) is 0 Å². The molecule has 0 aromatic carbocycles. The fourth-order valence-electron chi connectivity index (χ4n) is 2.67. The van der Waals surface area contributed by atoms with Gasteiger partial charge in [0.2, 0.25) is 5.91 Å². The molecule has 2 heterocycles. The summed E-state index contributed by atoms with van der Waals surface area (Å²) in [6.45, 7) is 7.36. The van der Waals surface area contributed by atoms with Gasteiger partial charge >= 0.3 is 5.82 Å². The molecule has 0 aliphatic heterocycles. The zero-order chi connectivity index (χ0) is 18.0. The van der Waals surface area contributed by atoms with E-state index in [0.717, 1.165) is 11.3 Å². The summed E-state index contributed by atoms with van der Waals surface area (Å²) >= 11 is 0. The van der Waals surface area contributed by atoms with Gasteiger partial charge < -0.3 is 15.4 Å². The zero-order valence-electron chi connectivity index (χ0n) is 14.5. The molecule has 2 atom stereocenters. The predicted molar refractivity (Wildman–Crippen MR) is 87.4 cm³/mol. The van der Waals surface area contributed by atoms with Crippen molar-refractivity contribution in [1.82, 2.24) is 24.9 Å². The molecule has 9 heteroatoms. The van der Waals surface area contributed by atoms with Gasteiger partial charge in [0.25, 0.3) is 0 Å². The first-order valence-corrected chi connectivity index (χ1v) is 7.75. The summed E-state index contributed by atoms with van der Waals surface area (Å²) in [5.41, 5.74) is 2.49. The molecule has 2 rings (SSSR count). The number of rotatable bonds is 6. The summed E-state index contributed by atoms with van der Waals surface area (Å²) < 4.78 is 3.16. The van der Waals surface area contributed by atoms with Crippen LogP contribution in [0.4, 0.5) is 5.82 Å². The molecule has 0 fully saturated rings. The molecule has 0 radical (unpaired) electrons. The van der Waals surface area contributed by atoms with E-state index >= 15 is 0 Å². The van der Waals surface area contributed by atoms with Crippen molar-refractivity contribution < 1.29 is 9.72 Å². The van der Waals surface area contributed by atoms with Crippen LogP contribution in [0, 0.1) is 24.0 Å². The van der Waals surface area contributed by atoms with Crippen molar-refractivity contribution in [3.05, 3.63) is 39.3 Å². The quantitative estimate of drug-likeness (QED) is 0.642. The minimum Gasteiger partial charge on any atom is -0.358 e. The topological polar surface area (TPSA) is 108 Å². The van der Waals surface area contributed by atoms with Crippen LogP contribution in [0.5, 0.6) is 0 Å². The zero-order valence-corrected chi connectivity index (χ0v) is 14.5. The van der Waals surface area contributed by atoms with Gasteiger partial charge in [0.15, 0.2) is 6.04 Å². The van der Waals surface area contributed by atoms with Crippen molar-refractivity contribution in [1.29, 1.82) is 0 Å². The highest BCUT2D eigenvalue weighted by molar-refractivity contribution is 5.80. The molecule has 0 saturated carbocycles. The molecule has 24 heavy (non-hydrogen) atoms. The highest BCUT2D eigenvalue weighted by Crippen LogP contribution is 2.21. The number of carbonyl (C=O) groups excluding carboxylic acids is 1. The fourth-order valence-corrected chi connectivity index (χ4v) is 2.67. The van der Waals surface area contributed by atoms with Crippen LogP contribution in [0.3, 0.4) is 0 Å². The second-order valence-electron chi connectivity index (χ2n) is 5.81. The number of hydrogen-bond acceptors (Lipinski definition) is 5. The molecule has 1 amide bonds. The maximum Gasteiger partial charge on any atom is 0.390 e. The van der Waals surface area contributed by atoms with Crippen LogP contribution in [-0.2, 0) is 11.8 Å². The van der Waals surface area contributed by atoms with Crippen LogP contribution < -0.4 is 5.32 Å². The summed E-state index contributed by atoms with van der Waals surface area (Å²) in [6, 6.07) is 0.550. The molecule has 0 spiro atoms. The third-order valence-electron chi connectivity index (χ3n) is 4.18. The van der Waals surface area contributed by atoms with Gasteiger partial charge in [-0.3, -0.25) is 9.48 Å². The van der Waals surface area contributed by atoms with Gasteiger partial charge in [-0.15, -0.1) is 0 Å². The summed E-state index contributed by atoms with van der Waals surface area (Å²) in [5.74, 6) is -0.482. The Kier molecular flexibility index (Phi) is 5.01. The summed E-state index contributed by atoms with van der Waals surface area (Å²) in [5, 5.41) is 21.9. The van der Waals surface area contributed by atoms with E-state index in [2.05, 4.69) is 15.5 Å².